The molecule has 0 heterocycles. The second kappa shape index (κ2) is 2.53. The van der Waals surface area contributed by atoms with Crippen molar-refractivity contribution < 1.29 is 0 Å². The Morgan fingerprint density at radius 2 is 2.10 bits per heavy atom. The lowest BCUT2D eigenvalue weighted by atomic mass is 10.1. The van der Waals surface area contributed by atoms with Crippen LogP contribution in [-0.4, -0.2) is 0 Å². The van der Waals surface area contributed by atoms with Gasteiger partial charge in [-0.3, -0.25) is 0 Å². The monoisotopic (exact) mass is 130 g/mol. The van der Waals surface area contributed by atoms with E-state index in [2.05, 4.69) is 12.1 Å². The molecule has 1 radical (unpaired) electrons. The first-order valence-corrected chi connectivity index (χ1v) is 3.13. The summed E-state index contributed by atoms with van der Waals surface area (Å²) in [6.45, 7) is 3.91. The highest BCUT2D eigenvalue weighted by molar-refractivity contribution is 5.34. The highest BCUT2D eigenvalue weighted by atomic mass is 14.2. The zero-order valence-electron chi connectivity index (χ0n) is 6.10. The highest BCUT2D eigenvalue weighted by Gasteiger charge is 1.92. The molecule has 10 heavy (non-hydrogen) atoms. The van der Waals surface area contributed by atoms with Crippen molar-refractivity contribution in [3.05, 3.63) is 34.9 Å². The van der Waals surface area contributed by atoms with Crippen LogP contribution in [0.4, 0.5) is 0 Å². The lowest BCUT2D eigenvalue weighted by Gasteiger charge is -1.94. The van der Waals surface area contributed by atoms with E-state index < -0.39 is 0 Å². The third-order valence-corrected chi connectivity index (χ3v) is 1.27. The molecule has 1 heteroatoms. The van der Waals surface area contributed by atoms with Crippen LogP contribution in [0.2, 0.25) is 0 Å². The van der Waals surface area contributed by atoms with Gasteiger partial charge in [0.1, 0.15) is 0 Å². The second-order valence-corrected chi connectivity index (χ2v) is 2.37. The maximum Gasteiger partial charge on any atom is 0.0998 e. The third kappa shape index (κ3) is 1.35. The number of benzene rings is 1. The Hall–Kier alpha value is -1.29. The van der Waals surface area contributed by atoms with Gasteiger partial charge in [-0.2, -0.15) is 5.26 Å². The van der Waals surface area contributed by atoms with E-state index in [4.69, 9.17) is 5.26 Å². The van der Waals surface area contributed by atoms with Crippen molar-refractivity contribution in [1.82, 2.24) is 0 Å². The van der Waals surface area contributed by atoms with Crippen molar-refractivity contribution in [2.24, 2.45) is 0 Å². The molecule has 0 saturated carbocycles. The standard InChI is InChI=1S/C9H8N/c1-7-3-8(2)5-9(4-7)6-10/h3-4H,1-2H3. The SMILES string of the molecule is Cc1[c]c(C#N)cc(C)c1. The predicted octanol–water partition coefficient (Wildman–Crippen LogP) is 1.98. The van der Waals surface area contributed by atoms with Gasteiger partial charge in [-0.15, -0.1) is 0 Å². The van der Waals surface area contributed by atoms with Gasteiger partial charge in [0.2, 0.25) is 0 Å². The molecule has 0 amide bonds. The fourth-order valence-corrected chi connectivity index (χ4v) is 0.956. The van der Waals surface area contributed by atoms with Gasteiger partial charge >= 0.3 is 0 Å². The van der Waals surface area contributed by atoms with Gasteiger partial charge in [0.05, 0.1) is 11.6 Å². The number of rotatable bonds is 0. The first kappa shape index (κ1) is 6.82. The average molecular weight is 130 g/mol. The number of aryl methyl sites for hydroxylation is 2. The summed E-state index contributed by atoms with van der Waals surface area (Å²) in [4.78, 5) is 0. The molecule has 0 saturated heterocycles. The molecule has 0 N–H and O–H groups in total. The Bertz CT molecular complexity index is 261. The molecule has 0 unspecified atom stereocenters. The number of hydrogen-bond acceptors (Lipinski definition) is 1. The lowest BCUT2D eigenvalue weighted by molar-refractivity contribution is 1.35. The molecule has 0 spiro atoms. The van der Waals surface area contributed by atoms with Gasteiger partial charge in [-0.25, -0.2) is 0 Å². The number of nitriles is 1. The summed E-state index contributed by atoms with van der Waals surface area (Å²) in [7, 11) is 0. The smallest absolute Gasteiger partial charge is 0.0998 e. The first-order valence-electron chi connectivity index (χ1n) is 3.13. The summed E-state index contributed by atoms with van der Waals surface area (Å²) < 4.78 is 0. The van der Waals surface area contributed by atoms with E-state index in [1.54, 1.807) is 0 Å². The summed E-state index contributed by atoms with van der Waals surface area (Å²) in [5, 5.41) is 8.51. The molecule has 1 nitrogen and oxygen atoms in total. The van der Waals surface area contributed by atoms with E-state index in [0.717, 1.165) is 11.1 Å². The van der Waals surface area contributed by atoms with Gasteiger partial charge in [0.15, 0.2) is 0 Å². The van der Waals surface area contributed by atoms with Gasteiger partial charge < -0.3 is 0 Å². The van der Waals surface area contributed by atoms with Crippen molar-refractivity contribution in [3.8, 4) is 6.07 Å². The Balaban J connectivity index is 3.22. The van der Waals surface area contributed by atoms with Gasteiger partial charge in [0.25, 0.3) is 0 Å². The second-order valence-electron chi connectivity index (χ2n) is 2.37. The Labute approximate surface area is 60.9 Å². The Morgan fingerprint density at radius 3 is 2.60 bits per heavy atom. The van der Waals surface area contributed by atoms with Crippen LogP contribution in [0, 0.1) is 31.2 Å². The molecule has 0 aliphatic carbocycles. The molecule has 0 fully saturated rings. The number of hydrogen-bond donors (Lipinski definition) is 0. The van der Waals surface area contributed by atoms with Gasteiger partial charge in [-0.05, 0) is 31.0 Å². The lowest BCUT2D eigenvalue weighted by Crippen LogP contribution is -1.80. The summed E-state index contributed by atoms with van der Waals surface area (Å²) in [6, 6.07) is 8.82. The number of nitrogens with zero attached hydrogens (tertiary/aromatic N) is 1. The minimum atomic E-state index is 0.623. The molecule has 0 atom stereocenters. The van der Waals surface area contributed by atoms with Crippen LogP contribution in [0.5, 0.6) is 0 Å². The molecule has 1 aromatic carbocycles. The molecule has 49 valence electrons. The van der Waals surface area contributed by atoms with E-state index >= 15 is 0 Å². The van der Waals surface area contributed by atoms with Crippen LogP contribution in [0.25, 0.3) is 0 Å². The highest BCUT2D eigenvalue weighted by Crippen LogP contribution is 2.05. The largest absolute Gasteiger partial charge is 0.192 e. The van der Waals surface area contributed by atoms with Crippen LogP contribution in [0.3, 0.4) is 0 Å². The van der Waals surface area contributed by atoms with Crippen LogP contribution in [-0.2, 0) is 0 Å². The molecule has 0 aliphatic heterocycles. The molecular formula is C9H8N. The first-order chi connectivity index (χ1) is 4.72. The van der Waals surface area contributed by atoms with E-state index in [9.17, 15) is 0 Å². The van der Waals surface area contributed by atoms with Crippen molar-refractivity contribution in [2.75, 3.05) is 0 Å². The maximum absolute atomic E-state index is 8.51. The zero-order chi connectivity index (χ0) is 7.56. The van der Waals surface area contributed by atoms with Crippen LogP contribution in [0.15, 0.2) is 12.1 Å². The van der Waals surface area contributed by atoms with Crippen LogP contribution >= 0.6 is 0 Å². The third-order valence-electron chi connectivity index (χ3n) is 1.27. The van der Waals surface area contributed by atoms with E-state index in [1.807, 2.05) is 26.0 Å². The van der Waals surface area contributed by atoms with Crippen molar-refractivity contribution in [1.29, 1.82) is 5.26 Å². The van der Waals surface area contributed by atoms with E-state index in [-0.39, 0.29) is 0 Å². The molecule has 0 aliphatic rings. The topological polar surface area (TPSA) is 23.8 Å². The average Bonchev–Trinajstić information content (AvgIpc) is 1.85. The minimum absolute atomic E-state index is 0.623. The fourth-order valence-electron chi connectivity index (χ4n) is 0.956. The van der Waals surface area contributed by atoms with Crippen LogP contribution < -0.4 is 0 Å². The fraction of sp³-hybridized carbons (Fsp3) is 0.222. The van der Waals surface area contributed by atoms with Crippen LogP contribution in [0.1, 0.15) is 16.7 Å². The van der Waals surface area contributed by atoms with Crippen molar-refractivity contribution in [2.45, 2.75) is 13.8 Å². The Morgan fingerprint density at radius 1 is 1.40 bits per heavy atom. The van der Waals surface area contributed by atoms with E-state index in [1.165, 1.54) is 0 Å². The summed E-state index contributed by atoms with van der Waals surface area (Å²) in [5.74, 6) is 0. The maximum atomic E-state index is 8.51. The predicted molar refractivity (Wildman–Crippen MR) is 39.5 cm³/mol. The minimum Gasteiger partial charge on any atom is -0.192 e. The summed E-state index contributed by atoms with van der Waals surface area (Å²) in [5.41, 5.74) is 2.77. The van der Waals surface area contributed by atoms with Crippen molar-refractivity contribution >= 4 is 0 Å². The molecule has 0 aromatic heterocycles. The van der Waals surface area contributed by atoms with Gasteiger partial charge in [-0.1, -0.05) is 6.07 Å². The van der Waals surface area contributed by atoms with Gasteiger partial charge in [0, 0.05) is 6.07 Å². The van der Waals surface area contributed by atoms with Crippen molar-refractivity contribution in [3.63, 3.8) is 0 Å². The van der Waals surface area contributed by atoms with E-state index in [0.29, 0.717) is 5.56 Å². The zero-order valence-corrected chi connectivity index (χ0v) is 6.10. The normalized spacial score (nSPS) is 8.90. The molecule has 0 bridgehead atoms. The summed E-state index contributed by atoms with van der Waals surface area (Å²) >= 11 is 0. The summed E-state index contributed by atoms with van der Waals surface area (Å²) in [6.07, 6.45) is 0. The molecule has 1 aromatic rings. The molecular weight excluding hydrogens is 122 g/mol. The quantitative estimate of drug-likeness (QED) is 0.526. The molecule has 1 rings (SSSR count). The Kier molecular flexibility index (Phi) is 1.73.